The lowest BCUT2D eigenvalue weighted by Crippen LogP contribution is -1.96. The molecule has 0 aliphatic carbocycles. The zero-order chi connectivity index (χ0) is 7.56. The minimum Gasteiger partial charge on any atom is -0.395 e. The van der Waals surface area contributed by atoms with Crippen LogP contribution in [-0.4, -0.2) is 10.1 Å². The molecule has 1 aromatic rings. The third kappa shape index (κ3) is 1.22. The summed E-state index contributed by atoms with van der Waals surface area (Å²) < 4.78 is 12.3. The van der Waals surface area contributed by atoms with Gasteiger partial charge < -0.3 is 10.8 Å². The molecule has 3 nitrogen and oxygen atoms in total. The van der Waals surface area contributed by atoms with Crippen molar-refractivity contribution >= 4 is 5.69 Å². The number of anilines is 1. The molecule has 0 saturated carbocycles. The highest BCUT2D eigenvalue weighted by atomic mass is 19.1. The van der Waals surface area contributed by atoms with Crippen LogP contribution in [0.5, 0.6) is 0 Å². The Balaban J connectivity index is 3.04. The summed E-state index contributed by atoms with van der Waals surface area (Å²) in [6.07, 6.45) is 1.24. The highest BCUT2D eigenvalue weighted by Gasteiger charge is 1.98. The molecule has 0 fully saturated rings. The van der Waals surface area contributed by atoms with Crippen LogP contribution < -0.4 is 5.73 Å². The summed E-state index contributed by atoms with van der Waals surface area (Å²) in [5.74, 6) is -0.697. The number of aliphatic hydroxyl groups is 1. The lowest BCUT2D eigenvalue weighted by atomic mass is 10.3. The van der Waals surface area contributed by atoms with E-state index in [4.69, 9.17) is 10.8 Å². The Labute approximate surface area is 57.3 Å². The van der Waals surface area contributed by atoms with E-state index in [0.29, 0.717) is 5.56 Å². The molecule has 0 bridgehead atoms. The van der Waals surface area contributed by atoms with Crippen LogP contribution in [0.1, 0.15) is 5.56 Å². The summed E-state index contributed by atoms with van der Waals surface area (Å²) in [7, 11) is 0. The van der Waals surface area contributed by atoms with E-state index in [0.717, 1.165) is 0 Å². The summed E-state index contributed by atoms with van der Waals surface area (Å²) in [6, 6.07) is 1.35. The van der Waals surface area contributed by atoms with Gasteiger partial charge in [-0.05, 0) is 11.6 Å². The topological polar surface area (TPSA) is 59.1 Å². The number of nitrogen functional groups attached to an aromatic ring is 1. The molecule has 1 aromatic heterocycles. The normalized spacial score (nSPS) is 9.80. The second-order valence-corrected chi connectivity index (χ2v) is 1.88. The predicted octanol–water partition coefficient (Wildman–Crippen LogP) is 0.295. The van der Waals surface area contributed by atoms with Crippen molar-refractivity contribution in [3.8, 4) is 0 Å². The first kappa shape index (κ1) is 6.95. The van der Waals surface area contributed by atoms with Crippen LogP contribution in [0.15, 0.2) is 12.3 Å². The highest BCUT2D eigenvalue weighted by Crippen LogP contribution is 2.08. The quantitative estimate of drug-likeness (QED) is 0.554. The minimum absolute atomic E-state index is 0.0356. The highest BCUT2D eigenvalue weighted by molar-refractivity contribution is 5.38. The van der Waals surface area contributed by atoms with Gasteiger partial charge in [0.1, 0.15) is 0 Å². The Hall–Kier alpha value is -1.16. The molecule has 0 spiro atoms. The molecule has 10 heavy (non-hydrogen) atoms. The van der Waals surface area contributed by atoms with Gasteiger partial charge in [-0.2, -0.15) is 4.39 Å². The van der Waals surface area contributed by atoms with Crippen LogP contribution in [0.25, 0.3) is 0 Å². The lowest BCUT2D eigenvalue weighted by molar-refractivity contribution is 0.281. The van der Waals surface area contributed by atoms with Gasteiger partial charge in [0, 0.05) is 6.20 Å². The number of aliphatic hydroxyl groups excluding tert-OH is 1. The first-order valence-electron chi connectivity index (χ1n) is 2.75. The number of nitrogens with zero attached hydrogens (tertiary/aromatic N) is 1. The monoisotopic (exact) mass is 142 g/mol. The molecule has 0 aliphatic rings. The van der Waals surface area contributed by atoms with Gasteiger partial charge in [0.25, 0.3) is 0 Å². The second kappa shape index (κ2) is 2.62. The van der Waals surface area contributed by atoms with Gasteiger partial charge in [0.05, 0.1) is 12.3 Å². The maximum Gasteiger partial charge on any atom is 0.236 e. The fourth-order valence-electron chi connectivity index (χ4n) is 0.597. The molecular weight excluding hydrogens is 135 g/mol. The average Bonchev–Trinajstić information content (AvgIpc) is 1.95. The van der Waals surface area contributed by atoms with E-state index in [1.165, 1.54) is 12.3 Å². The van der Waals surface area contributed by atoms with E-state index >= 15 is 0 Å². The first-order valence-corrected chi connectivity index (χ1v) is 2.75. The molecule has 0 aromatic carbocycles. The molecular formula is C6H7FN2O. The molecule has 0 unspecified atom stereocenters. The van der Waals surface area contributed by atoms with Crippen molar-refractivity contribution in [3.63, 3.8) is 0 Å². The number of hydrogen-bond acceptors (Lipinski definition) is 3. The molecule has 3 N–H and O–H groups in total. The Morgan fingerprint density at radius 1 is 1.70 bits per heavy atom. The Bertz CT molecular complexity index is 239. The molecule has 4 heteroatoms. The van der Waals surface area contributed by atoms with Crippen molar-refractivity contribution < 1.29 is 9.50 Å². The molecule has 0 aliphatic heterocycles. The van der Waals surface area contributed by atoms with E-state index < -0.39 is 5.95 Å². The lowest BCUT2D eigenvalue weighted by Gasteiger charge is -1.96. The summed E-state index contributed by atoms with van der Waals surface area (Å²) in [4.78, 5) is 3.30. The third-order valence-electron chi connectivity index (χ3n) is 1.11. The van der Waals surface area contributed by atoms with E-state index in [1.54, 1.807) is 0 Å². The van der Waals surface area contributed by atoms with Crippen LogP contribution in [0.2, 0.25) is 0 Å². The van der Waals surface area contributed by atoms with Crippen molar-refractivity contribution in [2.45, 2.75) is 6.61 Å². The van der Waals surface area contributed by atoms with Gasteiger partial charge in [-0.1, -0.05) is 0 Å². The van der Waals surface area contributed by atoms with Crippen molar-refractivity contribution in [1.29, 1.82) is 0 Å². The van der Waals surface area contributed by atoms with Crippen molar-refractivity contribution in [3.05, 3.63) is 23.8 Å². The summed E-state index contributed by atoms with van der Waals surface area (Å²) in [5, 5.41) is 8.53. The van der Waals surface area contributed by atoms with Gasteiger partial charge in [0.2, 0.25) is 5.95 Å². The molecule has 1 heterocycles. The molecule has 54 valence electrons. The van der Waals surface area contributed by atoms with Crippen LogP contribution in [0.3, 0.4) is 0 Å². The van der Waals surface area contributed by atoms with E-state index in [2.05, 4.69) is 4.98 Å². The summed E-state index contributed by atoms with van der Waals surface area (Å²) in [6.45, 7) is -0.169. The number of pyridine rings is 1. The summed E-state index contributed by atoms with van der Waals surface area (Å²) >= 11 is 0. The Kier molecular flexibility index (Phi) is 1.82. The fraction of sp³-hybridized carbons (Fsp3) is 0.167. The number of hydrogen-bond donors (Lipinski definition) is 2. The zero-order valence-corrected chi connectivity index (χ0v) is 5.21. The van der Waals surface area contributed by atoms with Crippen molar-refractivity contribution in [2.75, 3.05) is 5.73 Å². The minimum atomic E-state index is -0.697. The number of rotatable bonds is 1. The van der Waals surface area contributed by atoms with E-state index in [-0.39, 0.29) is 12.3 Å². The standard InChI is InChI=1S/C6H7FN2O/c7-6-5(8)1-4(3-10)2-9-6/h1-2,10H,3,8H2. The number of halogens is 1. The number of nitrogens with two attached hydrogens (primary N) is 1. The molecule has 0 amide bonds. The Morgan fingerprint density at radius 2 is 2.40 bits per heavy atom. The Morgan fingerprint density at radius 3 is 2.90 bits per heavy atom. The first-order chi connectivity index (χ1) is 4.74. The van der Waals surface area contributed by atoms with Crippen molar-refractivity contribution in [1.82, 2.24) is 4.98 Å². The van der Waals surface area contributed by atoms with Gasteiger partial charge in [0.15, 0.2) is 0 Å². The SMILES string of the molecule is Nc1cc(CO)cnc1F. The molecule has 0 saturated heterocycles. The molecule has 1 rings (SSSR count). The van der Waals surface area contributed by atoms with Gasteiger partial charge in [-0.25, -0.2) is 4.98 Å². The van der Waals surface area contributed by atoms with Gasteiger partial charge in [-0.3, -0.25) is 0 Å². The van der Waals surface area contributed by atoms with E-state index in [9.17, 15) is 4.39 Å². The van der Waals surface area contributed by atoms with Crippen LogP contribution in [-0.2, 0) is 6.61 Å². The fourth-order valence-corrected chi connectivity index (χ4v) is 0.597. The molecule has 0 atom stereocenters. The smallest absolute Gasteiger partial charge is 0.236 e. The van der Waals surface area contributed by atoms with Crippen LogP contribution in [0, 0.1) is 5.95 Å². The summed E-state index contributed by atoms with van der Waals surface area (Å²) in [5.41, 5.74) is 5.62. The van der Waals surface area contributed by atoms with Crippen LogP contribution in [0.4, 0.5) is 10.1 Å². The largest absolute Gasteiger partial charge is 0.395 e. The maximum atomic E-state index is 12.3. The van der Waals surface area contributed by atoms with Crippen molar-refractivity contribution in [2.24, 2.45) is 0 Å². The van der Waals surface area contributed by atoms with Crippen LogP contribution >= 0.6 is 0 Å². The maximum absolute atomic E-state index is 12.3. The second-order valence-electron chi connectivity index (χ2n) is 1.88. The van der Waals surface area contributed by atoms with Gasteiger partial charge >= 0.3 is 0 Å². The average molecular weight is 142 g/mol. The van der Waals surface area contributed by atoms with E-state index in [1.807, 2.05) is 0 Å². The number of aromatic nitrogens is 1. The third-order valence-corrected chi connectivity index (χ3v) is 1.11. The zero-order valence-electron chi connectivity index (χ0n) is 5.21. The van der Waals surface area contributed by atoms with Gasteiger partial charge in [-0.15, -0.1) is 0 Å². The predicted molar refractivity (Wildman–Crippen MR) is 34.5 cm³/mol. The molecule has 0 radical (unpaired) electrons.